The largest absolute Gasteiger partial charge is 0.379 e. The highest BCUT2D eigenvalue weighted by Gasteiger charge is 2.28. The number of aromatic nitrogens is 2. The molecule has 2 saturated heterocycles. The molecule has 1 amide bonds. The second-order valence-electron chi connectivity index (χ2n) is 7.48. The summed E-state index contributed by atoms with van der Waals surface area (Å²) in [7, 11) is 2.13. The Kier molecular flexibility index (Phi) is 5.71. The molecule has 27 heavy (non-hydrogen) atoms. The minimum Gasteiger partial charge on any atom is -0.379 e. The van der Waals surface area contributed by atoms with Gasteiger partial charge in [0.2, 0.25) is 0 Å². The maximum absolute atomic E-state index is 12.8. The quantitative estimate of drug-likeness (QED) is 0.781. The molecule has 2 aromatic heterocycles. The van der Waals surface area contributed by atoms with Crippen molar-refractivity contribution in [2.75, 3.05) is 53.0 Å². The Morgan fingerprint density at radius 2 is 2.15 bits per heavy atom. The van der Waals surface area contributed by atoms with Gasteiger partial charge in [0.25, 0.3) is 5.91 Å². The second kappa shape index (κ2) is 8.37. The van der Waals surface area contributed by atoms with Gasteiger partial charge in [-0.15, -0.1) is 0 Å². The summed E-state index contributed by atoms with van der Waals surface area (Å²) in [5.41, 5.74) is 1.43. The molecule has 1 N–H and O–H groups in total. The van der Waals surface area contributed by atoms with Crippen LogP contribution in [0.1, 0.15) is 41.6 Å². The average molecular weight is 371 g/mol. The van der Waals surface area contributed by atoms with Crippen LogP contribution in [0.2, 0.25) is 0 Å². The lowest BCUT2D eigenvalue weighted by Gasteiger charge is -2.26. The molecule has 0 aliphatic carbocycles. The SMILES string of the molecule is CN1CCCC1c1nc(C(=O)NCCCN2CCOCC2)c2ccccn12. The molecule has 2 aromatic rings. The van der Waals surface area contributed by atoms with Crippen molar-refractivity contribution < 1.29 is 9.53 Å². The molecule has 0 radical (unpaired) electrons. The van der Waals surface area contributed by atoms with Crippen molar-refractivity contribution in [1.82, 2.24) is 24.5 Å². The molecule has 0 spiro atoms. The van der Waals surface area contributed by atoms with Crippen LogP contribution in [0.25, 0.3) is 5.52 Å². The van der Waals surface area contributed by atoms with Gasteiger partial charge in [0.15, 0.2) is 5.69 Å². The van der Waals surface area contributed by atoms with Gasteiger partial charge >= 0.3 is 0 Å². The van der Waals surface area contributed by atoms with Crippen LogP contribution in [0.4, 0.5) is 0 Å². The number of carbonyl (C=O) groups is 1. The number of pyridine rings is 1. The van der Waals surface area contributed by atoms with Crippen molar-refractivity contribution in [3.05, 3.63) is 35.9 Å². The number of hydrogen-bond donors (Lipinski definition) is 1. The van der Waals surface area contributed by atoms with Crippen LogP contribution in [-0.2, 0) is 4.74 Å². The van der Waals surface area contributed by atoms with Crippen molar-refractivity contribution in [2.45, 2.75) is 25.3 Å². The molecule has 7 nitrogen and oxygen atoms in total. The van der Waals surface area contributed by atoms with E-state index in [4.69, 9.17) is 9.72 Å². The van der Waals surface area contributed by atoms with E-state index in [9.17, 15) is 4.79 Å². The third-order valence-corrected chi connectivity index (χ3v) is 5.65. The lowest BCUT2D eigenvalue weighted by Crippen LogP contribution is -2.38. The van der Waals surface area contributed by atoms with Crippen molar-refractivity contribution in [1.29, 1.82) is 0 Å². The fourth-order valence-corrected chi connectivity index (χ4v) is 4.11. The monoisotopic (exact) mass is 371 g/mol. The number of nitrogens with one attached hydrogen (secondary N) is 1. The number of likely N-dealkylation sites (tertiary alicyclic amines) is 1. The van der Waals surface area contributed by atoms with Crippen LogP contribution in [0.3, 0.4) is 0 Å². The first-order valence-corrected chi connectivity index (χ1v) is 9.99. The van der Waals surface area contributed by atoms with Gasteiger partial charge in [-0.25, -0.2) is 4.98 Å². The minimum absolute atomic E-state index is 0.0763. The topological polar surface area (TPSA) is 62.1 Å². The molecule has 1 unspecified atom stereocenters. The van der Waals surface area contributed by atoms with Crippen LogP contribution in [0.5, 0.6) is 0 Å². The summed E-state index contributed by atoms with van der Waals surface area (Å²) in [4.78, 5) is 22.3. The molecule has 1 atom stereocenters. The van der Waals surface area contributed by atoms with Gasteiger partial charge < -0.3 is 14.5 Å². The first kappa shape index (κ1) is 18.4. The van der Waals surface area contributed by atoms with E-state index in [0.717, 1.165) is 63.6 Å². The molecule has 2 fully saturated rings. The fraction of sp³-hybridized carbons (Fsp3) is 0.600. The first-order chi connectivity index (χ1) is 13.2. The highest BCUT2D eigenvalue weighted by Crippen LogP contribution is 2.31. The molecule has 4 heterocycles. The summed E-state index contributed by atoms with van der Waals surface area (Å²) in [6.07, 6.45) is 5.21. The van der Waals surface area contributed by atoms with Gasteiger partial charge in [-0.2, -0.15) is 0 Å². The number of imidazole rings is 1. The van der Waals surface area contributed by atoms with Crippen molar-refractivity contribution in [2.24, 2.45) is 0 Å². The number of amides is 1. The van der Waals surface area contributed by atoms with Gasteiger partial charge in [-0.05, 0) is 51.5 Å². The Morgan fingerprint density at radius 1 is 1.30 bits per heavy atom. The van der Waals surface area contributed by atoms with E-state index >= 15 is 0 Å². The van der Waals surface area contributed by atoms with Crippen LogP contribution in [0.15, 0.2) is 24.4 Å². The van der Waals surface area contributed by atoms with Gasteiger partial charge in [-0.3, -0.25) is 14.6 Å². The maximum Gasteiger partial charge on any atom is 0.272 e. The molecule has 0 bridgehead atoms. The minimum atomic E-state index is -0.0763. The second-order valence-corrected chi connectivity index (χ2v) is 7.48. The lowest BCUT2D eigenvalue weighted by atomic mass is 10.2. The van der Waals surface area contributed by atoms with E-state index in [-0.39, 0.29) is 11.9 Å². The van der Waals surface area contributed by atoms with Crippen LogP contribution >= 0.6 is 0 Å². The summed E-state index contributed by atoms with van der Waals surface area (Å²) in [6.45, 7) is 6.33. The van der Waals surface area contributed by atoms with Crippen LogP contribution in [-0.4, -0.2) is 78.1 Å². The van der Waals surface area contributed by atoms with Gasteiger partial charge in [0.1, 0.15) is 5.82 Å². The standard InChI is InChI=1S/C20H29N5O2/c1-23-9-4-7-17(23)19-22-18(16-6-2-3-11-25(16)19)20(26)21-8-5-10-24-12-14-27-15-13-24/h2-3,6,11,17H,4-5,7-10,12-15H2,1H3,(H,21,26). The Bertz CT molecular complexity index is 784. The maximum atomic E-state index is 12.8. The molecular weight excluding hydrogens is 342 g/mol. The smallest absolute Gasteiger partial charge is 0.272 e. The summed E-state index contributed by atoms with van der Waals surface area (Å²) in [5.74, 6) is 0.900. The molecule has 146 valence electrons. The van der Waals surface area contributed by atoms with E-state index < -0.39 is 0 Å². The van der Waals surface area contributed by atoms with E-state index in [1.54, 1.807) is 0 Å². The predicted octanol–water partition coefficient (Wildman–Crippen LogP) is 1.55. The number of carbonyl (C=O) groups excluding carboxylic acids is 1. The van der Waals surface area contributed by atoms with Gasteiger partial charge in [-0.1, -0.05) is 6.07 Å². The van der Waals surface area contributed by atoms with Crippen molar-refractivity contribution >= 4 is 11.4 Å². The molecule has 0 aromatic carbocycles. The summed E-state index contributed by atoms with van der Waals surface area (Å²) in [5, 5.41) is 3.06. The highest BCUT2D eigenvalue weighted by molar-refractivity contribution is 5.99. The zero-order chi connectivity index (χ0) is 18.6. The van der Waals surface area contributed by atoms with Crippen molar-refractivity contribution in [3.8, 4) is 0 Å². The number of hydrogen-bond acceptors (Lipinski definition) is 5. The average Bonchev–Trinajstić information content (AvgIpc) is 3.29. The molecule has 2 aliphatic rings. The predicted molar refractivity (Wildman–Crippen MR) is 104 cm³/mol. The zero-order valence-electron chi connectivity index (χ0n) is 16.1. The summed E-state index contributed by atoms with van der Waals surface area (Å²) >= 11 is 0. The molecule has 7 heteroatoms. The molecule has 0 saturated carbocycles. The third-order valence-electron chi connectivity index (χ3n) is 5.65. The zero-order valence-corrected chi connectivity index (χ0v) is 16.1. The number of ether oxygens (including phenoxy) is 1. The highest BCUT2D eigenvalue weighted by atomic mass is 16.5. The van der Waals surface area contributed by atoms with E-state index in [1.807, 2.05) is 24.4 Å². The van der Waals surface area contributed by atoms with E-state index in [0.29, 0.717) is 12.2 Å². The number of fused-ring (bicyclic) bond motifs is 1. The number of nitrogens with zero attached hydrogens (tertiary/aromatic N) is 4. The number of rotatable bonds is 6. The summed E-state index contributed by atoms with van der Waals surface area (Å²) in [6, 6.07) is 6.22. The molecule has 4 rings (SSSR count). The normalized spacial score (nSPS) is 21.7. The van der Waals surface area contributed by atoms with Crippen LogP contribution < -0.4 is 5.32 Å². The Labute approximate surface area is 160 Å². The summed E-state index contributed by atoms with van der Waals surface area (Å²) < 4.78 is 7.45. The Hall–Kier alpha value is -1.96. The van der Waals surface area contributed by atoms with Crippen molar-refractivity contribution in [3.63, 3.8) is 0 Å². The lowest BCUT2D eigenvalue weighted by molar-refractivity contribution is 0.0374. The molecule has 2 aliphatic heterocycles. The van der Waals surface area contributed by atoms with E-state index in [2.05, 4.69) is 26.6 Å². The fourth-order valence-electron chi connectivity index (χ4n) is 4.11. The first-order valence-electron chi connectivity index (χ1n) is 9.99. The van der Waals surface area contributed by atoms with Crippen LogP contribution in [0, 0.1) is 0 Å². The van der Waals surface area contributed by atoms with E-state index in [1.165, 1.54) is 6.42 Å². The van der Waals surface area contributed by atoms with Gasteiger partial charge in [0.05, 0.1) is 24.8 Å². The molecular formula is C20H29N5O2. The Balaban J connectivity index is 1.42. The third kappa shape index (κ3) is 4.00. The number of morpholine rings is 1. The Morgan fingerprint density at radius 3 is 2.93 bits per heavy atom. The van der Waals surface area contributed by atoms with Gasteiger partial charge in [0, 0.05) is 25.8 Å².